The molecule has 66 heavy (non-hydrogen) atoms. The monoisotopic (exact) mass is 886 g/mol. The summed E-state index contributed by atoms with van der Waals surface area (Å²) >= 11 is 0. The van der Waals surface area contributed by atoms with Gasteiger partial charge in [-0.3, -0.25) is 0 Å². The number of aromatic hydroxyl groups is 8. The third-order valence-corrected chi connectivity index (χ3v) is 13.9. The van der Waals surface area contributed by atoms with Crippen molar-refractivity contribution in [3.8, 4) is 68.2 Å². The van der Waals surface area contributed by atoms with Gasteiger partial charge in [0.1, 0.15) is 46.0 Å². The molecular weight excluding hydrogens is 825 g/mol. The predicted molar refractivity (Wildman–Crippen MR) is 272 cm³/mol. The molecule has 0 aliphatic rings. The maximum absolute atomic E-state index is 12.7. The van der Waals surface area contributed by atoms with Crippen LogP contribution in [0, 0.1) is 0 Å². The third kappa shape index (κ3) is 6.09. The van der Waals surface area contributed by atoms with Crippen LogP contribution in [0.2, 0.25) is 0 Å². The molecule has 9 rings (SSSR count). The molecule has 342 valence electrons. The lowest BCUT2D eigenvalue weighted by Crippen LogP contribution is -2.14. The second kappa shape index (κ2) is 13.5. The van der Waals surface area contributed by atoms with Crippen molar-refractivity contribution in [1.29, 1.82) is 0 Å². The molecule has 0 aliphatic heterocycles. The summed E-state index contributed by atoms with van der Waals surface area (Å²) in [5.41, 5.74) is 1.55. The molecule has 0 fully saturated rings. The van der Waals surface area contributed by atoms with E-state index in [2.05, 4.69) is 32.9 Å². The highest BCUT2D eigenvalue weighted by Crippen LogP contribution is 2.59. The van der Waals surface area contributed by atoms with Gasteiger partial charge in [0.2, 0.25) is 0 Å². The number of phenols is 8. The van der Waals surface area contributed by atoms with Crippen LogP contribution in [0.25, 0.3) is 86.9 Å². The van der Waals surface area contributed by atoms with E-state index in [1.54, 1.807) is 24.3 Å². The largest absolute Gasteiger partial charge is 0.507 e. The Hall–Kier alpha value is -6.54. The van der Waals surface area contributed by atoms with Gasteiger partial charge in [-0.15, -0.1) is 0 Å². The van der Waals surface area contributed by atoms with Crippen molar-refractivity contribution in [2.45, 2.75) is 131 Å². The lowest BCUT2D eigenvalue weighted by Gasteiger charge is -2.29. The molecule has 0 atom stereocenters. The highest BCUT2D eigenvalue weighted by Gasteiger charge is 2.36. The van der Waals surface area contributed by atoms with Gasteiger partial charge in [0.25, 0.3) is 0 Å². The van der Waals surface area contributed by atoms with Crippen LogP contribution in [-0.4, -0.2) is 40.9 Å². The molecule has 0 aromatic heterocycles. The van der Waals surface area contributed by atoms with Gasteiger partial charge in [-0.05, 0) is 97.4 Å². The lowest BCUT2D eigenvalue weighted by atomic mass is 9.76. The Morgan fingerprint density at radius 3 is 0.788 bits per heavy atom. The fourth-order valence-corrected chi connectivity index (χ4v) is 11.0. The summed E-state index contributed by atoms with van der Waals surface area (Å²) in [5, 5.41) is 103. The fourth-order valence-electron chi connectivity index (χ4n) is 11.0. The highest BCUT2D eigenvalue weighted by molar-refractivity contribution is 6.33. The predicted octanol–water partition coefficient (Wildman–Crippen LogP) is 14.9. The molecule has 0 unspecified atom stereocenters. The van der Waals surface area contributed by atoms with Gasteiger partial charge < -0.3 is 40.9 Å². The molecular formula is C58H62O8. The summed E-state index contributed by atoms with van der Waals surface area (Å²) in [4.78, 5) is 0. The summed E-state index contributed by atoms with van der Waals surface area (Å²) in [6.07, 6.45) is 0. The normalized spacial score (nSPS) is 13.6. The van der Waals surface area contributed by atoms with Crippen LogP contribution in [0.5, 0.6) is 46.0 Å². The first-order chi connectivity index (χ1) is 30.3. The SMILES string of the molecule is CC(C)(C)c1cc(-c2cc3c(O)c(C(C)(C)C)c(O)c4ccc5c(O)c(C(C)(C)C)c(O)c2c5c43)cc(-c2cc3c(O)c(C(C)(C)C)c(O)c4ccc5c(O)c(C(C)(C)C)c(O)c2c5c43)c1. The molecule has 8 heteroatoms. The van der Waals surface area contributed by atoms with Crippen molar-refractivity contribution in [1.82, 2.24) is 0 Å². The van der Waals surface area contributed by atoms with Crippen LogP contribution < -0.4 is 0 Å². The standard InChI is InChI=1S/C58H62O8/c1-54(2,3)27-21-25(32-23-34-36-28(46(59)42(50(34)63)55(4,5)6)16-18-30-38(36)40(32)52(65)44(48(30)61)57(10,11)12)20-26(22-27)33-24-35-37-29(47(60)43(51(35)64)56(7,8)9)17-19-31-39(37)41(33)53(66)45(49(31)62)58(13,14)15/h16-24,59-66H,1-15H3. The van der Waals surface area contributed by atoms with E-state index in [1.165, 1.54) is 0 Å². The Balaban J connectivity index is 1.54. The highest BCUT2D eigenvalue weighted by atomic mass is 16.3. The molecule has 0 saturated carbocycles. The maximum Gasteiger partial charge on any atom is 0.131 e. The third-order valence-electron chi connectivity index (χ3n) is 13.9. The summed E-state index contributed by atoms with van der Waals surface area (Å²) in [7, 11) is 0. The van der Waals surface area contributed by atoms with E-state index < -0.39 is 27.1 Å². The maximum atomic E-state index is 12.7. The number of rotatable bonds is 2. The minimum Gasteiger partial charge on any atom is -0.507 e. The number of hydrogen-bond acceptors (Lipinski definition) is 8. The molecule has 0 heterocycles. The van der Waals surface area contributed by atoms with Gasteiger partial charge in [-0.25, -0.2) is 0 Å². The number of benzene rings is 9. The summed E-state index contributed by atoms with van der Waals surface area (Å²) in [6.45, 7) is 29.4. The zero-order chi connectivity index (χ0) is 48.6. The van der Waals surface area contributed by atoms with Gasteiger partial charge in [0.05, 0.1) is 0 Å². The molecule has 0 bridgehead atoms. The van der Waals surface area contributed by atoms with E-state index in [4.69, 9.17) is 0 Å². The lowest BCUT2D eigenvalue weighted by molar-refractivity contribution is 0.416. The Labute approximate surface area is 385 Å². The van der Waals surface area contributed by atoms with Crippen molar-refractivity contribution in [3.05, 3.63) is 82.4 Å². The summed E-state index contributed by atoms with van der Waals surface area (Å²) in [5.74, 6) is -0.761. The first-order valence-electron chi connectivity index (χ1n) is 22.7. The molecule has 0 radical (unpaired) electrons. The van der Waals surface area contributed by atoms with Gasteiger partial charge in [-0.2, -0.15) is 0 Å². The van der Waals surface area contributed by atoms with Crippen molar-refractivity contribution < 1.29 is 40.9 Å². The number of hydrogen-bond donors (Lipinski definition) is 8. The molecule has 0 saturated heterocycles. The van der Waals surface area contributed by atoms with Crippen LogP contribution in [0.3, 0.4) is 0 Å². The quantitative estimate of drug-likeness (QED) is 0.0796. The second-order valence-electron chi connectivity index (χ2n) is 23.9. The van der Waals surface area contributed by atoms with Crippen molar-refractivity contribution in [2.75, 3.05) is 0 Å². The Kier molecular flexibility index (Phi) is 9.15. The molecule has 8 N–H and O–H groups in total. The topological polar surface area (TPSA) is 162 Å². The smallest absolute Gasteiger partial charge is 0.131 e. The number of phenolic OH excluding ortho intramolecular Hbond substituents is 8. The Morgan fingerprint density at radius 1 is 0.258 bits per heavy atom. The van der Waals surface area contributed by atoms with Crippen LogP contribution >= 0.6 is 0 Å². The van der Waals surface area contributed by atoms with Gasteiger partial charge >= 0.3 is 0 Å². The van der Waals surface area contributed by atoms with Crippen molar-refractivity contribution in [3.63, 3.8) is 0 Å². The van der Waals surface area contributed by atoms with E-state index in [-0.39, 0.29) is 46.0 Å². The summed E-state index contributed by atoms with van der Waals surface area (Å²) in [6, 6.07) is 16.9. The van der Waals surface area contributed by atoms with E-state index >= 15 is 0 Å². The molecule has 8 nitrogen and oxygen atoms in total. The molecule has 0 spiro atoms. The Bertz CT molecular complexity index is 3330. The van der Waals surface area contributed by atoms with Gasteiger partial charge in [0.15, 0.2) is 0 Å². The van der Waals surface area contributed by atoms with E-state index in [1.807, 2.05) is 101 Å². The minimum atomic E-state index is -0.714. The van der Waals surface area contributed by atoms with Crippen LogP contribution in [0.4, 0.5) is 0 Å². The first-order valence-corrected chi connectivity index (χ1v) is 22.7. The van der Waals surface area contributed by atoms with E-state index in [9.17, 15) is 40.9 Å². The molecule has 9 aromatic rings. The van der Waals surface area contributed by atoms with Crippen molar-refractivity contribution >= 4 is 64.6 Å². The van der Waals surface area contributed by atoms with Gasteiger partial charge in [-0.1, -0.05) is 116 Å². The van der Waals surface area contributed by atoms with Crippen LogP contribution in [0.15, 0.2) is 54.6 Å². The van der Waals surface area contributed by atoms with Crippen LogP contribution in [-0.2, 0) is 27.1 Å². The average Bonchev–Trinajstić information content (AvgIpc) is 3.17. The molecule has 0 amide bonds. The fraction of sp³-hybridized carbons (Fsp3) is 0.345. The minimum absolute atomic E-state index is 0.0697. The van der Waals surface area contributed by atoms with E-state index in [0.717, 1.165) is 5.56 Å². The second-order valence-corrected chi connectivity index (χ2v) is 23.9. The van der Waals surface area contributed by atoms with Gasteiger partial charge in [0, 0.05) is 86.9 Å². The Morgan fingerprint density at radius 2 is 0.515 bits per heavy atom. The zero-order valence-electron chi connectivity index (χ0n) is 40.8. The van der Waals surface area contributed by atoms with Crippen LogP contribution in [0.1, 0.15) is 132 Å². The summed E-state index contributed by atoms with van der Waals surface area (Å²) < 4.78 is 0. The van der Waals surface area contributed by atoms with Crippen molar-refractivity contribution in [2.24, 2.45) is 0 Å². The first kappa shape index (κ1) is 44.7. The molecule has 0 aliphatic carbocycles. The molecule has 9 aromatic carbocycles. The zero-order valence-corrected chi connectivity index (χ0v) is 40.8. The average molecular weight is 887 g/mol. The van der Waals surface area contributed by atoms with E-state index in [0.29, 0.717) is 109 Å².